The van der Waals surface area contributed by atoms with Crippen LogP contribution >= 0.6 is 0 Å². The molecule has 0 saturated carbocycles. The lowest BCUT2D eigenvalue weighted by molar-refractivity contribution is 0.600. The fourth-order valence-corrected chi connectivity index (χ4v) is 2.39. The Morgan fingerprint density at radius 2 is 2.05 bits per heavy atom. The summed E-state index contributed by atoms with van der Waals surface area (Å²) in [4.78, 5) is 4.09. The lowest BCUT2D eigenvalue weighted by atomic mass is 9.99. The minimum Gasteiger partial charge on any atom is -0.356 e. The second-order valence-electron chi connectivity index (χ2n) is 5.32. The maximum Gasteiger partial charge on any atom is 0.191 e. The molecule has 1 aromatic carbocycles. The van der Waals surface area contributed by atoms with Gasteiger partial charge in [-0.15, -0.1) is 0 Å². The van der Waals surface area contributed by atoms with E-state index in [4.69, 9.17) is 0 Å². The van der Waals surface area contributed by atoms with Gasteiger partial charge in [-0.05, 0) is 18.4 Å². The summed E-state index contributed by atoms with van der Waals surface area (Å²) in [5, 5.41) is 6.22. The van der Waals surface area contributed by atoms with Crippen LogP contribution in [0.1, 0.15) is 24.0 Å². The highest BCUT2D eigenvalue weighted by atomic mass is 32.2. The third-order valence-corrected chi connectivity index (χ3v) is 4.12. The molecule has 2 N–H and O–H groups in total. The summed E-state index contributed by atoms with van der Waals surface area (Å²) >= 11 is 0. The van der Waals surface area contributed by atoms with Gasteiger partial charge in [0, 0.05) is 26.4 Å². The molecule has 0 heterocycles. The van der Waals surface area contributed by atoms with Crippen molar-refractivity contribution < 1.29 is 8.42 Å². The van der Waals surface area contributed by atoms with Gasteiger partial charge < -0.3 is 10.6 Å². The number of benzene rings is 1. The average Bonchev–Trinajstić information content (AvgIpc) is 2.41. The van der Waals surface area contributed by atoms with Crippen LogP contribution < -0.4 is 10.6 Å². The molecule has 1 atom stereocenters. The van der Waals surface area contributed by atoms with Gasteiger partial charge in [-0.1, -0.05) is 36.8 Å². The lowest BCUT2D eigenvalue weighted by Gasteiger charge is -2.16. The molecule has 5 nitrogen and oxygen atoms in total. The summed E-state index contributed by atoms with van der Waals surface area (Å²) < 4.78 is 22.2. The molecule has 0 saturated heterocycles. The molecular weight excluding hydrogens is 286 g/mol. The second-order valence-corrected chi connectivity index (χ2v) is 7.58. The molecule has 21 heavy (non-hydrogen) atoms. The standard InChI is InChI=1S/C15H25N3O2S/c1-12-6-5-7-14(10-12)13(2)11-18-15(16-3)17-8-9-21(4,19)20/h5-7,10,13H,8-9,11H2,1-4H3,(H2,16,17,18). The van der Waals surface area contributed by atoms with Crippen molar-refractivity contribution >= 4 is 15.8 Å². The fourth-order valence-electron chi connectivity index (χ4n) is 1.92. The van der Waals surface area contributed by atoms with E-state index in [-0.39, 0.29) is 5.75 Å². The lowest BCUT2D eigenvalue weighted by Crippen LogP contribution is -2.40. The summed E-state index contributed by atoms with van der Waals surface area (Å²) in [6.45, 7) is 5.32. The van der Waals surface area contributed by atoms with Gasteiger partial charge in [-0.25, -0.2) is 8.42 Å². The maximum absolute atomic E-state index is 11.1. The predicted octanol–water partition coefficient (Wildman–Crippen LogP) is 1.31. The highest BCUT2D eigenvalue weighted by molar-refractivity contribution is 7.90. The molecule has 0 aromatic heterocycles. The van der Waals surface area contributed by atoms with Gasteiger partial charge >= 0.3 is 0 Å². The third-order valence-electron chi connectivity index (χ3n) is 3.18. The molecule has 0 fully saturated rings. The van der Waals surface area contributed by atoms with E-state index in [0.29, 0.717) is 18.4 Å². The molecule has 0 bridgehead atoms. The summed E-state index contributed by atoms with van der Waals surface area (Å²) in [6, 6.07) is 8.42. The van der Waals surface area contributed by atoms with Gasteiger partial charge in [0.1, 0.15) is 9.84 Å². The molecule has 118 valence electrons. The third kappa shape index (κ3) is 7.13. The summed E-state index contributed by atoms with van der Waals surface area (Å²) in [5.41, 5.74) is 2.52. The Kier molecular flexibility index (Phi) is 6.68. The smallest absolute Gasteiger partial charge is 0.191 e. The molecule has 1 unspecified atom stereocenters. The number of nitrogens with one attached hydrogen (secondary N) is 2. The Morgan fingerprint density at radius 1 is 1.33 bits per heavy atom. The van der Waals surface area contributed by atoms with Gasteiger partial charge in [-0.2, -0.15) is 0 Å². The fraction of sp³-hybridized carbons (Fsp3) is 0.533. The number of nitrogens with zero attached hydrogens (tertiary/aromatic N) is 1. The van der Waals surface area contributed by atoms with E-state index in [1.165, 1.54) is 17.4 Å². The van der Waals surface area contributed by atoms with Crippen LogP contribution in [0.15, 0.2) is 29.3 Å². The first-order valence-corrected chi connectivity index (χ1v) is 9.06. The highest BCUT2D eigenvalue weighted by Gasteiger charge is 2.07. The Labute approximate surface area is 127 Å². The molecule has 0 aliphatic heterocycles. The van der Waals surface area contributed by atoms with E-state index < -0.39 is 9.84 Å². The second kappa shape index (κ2) is 8.02. The molecule has 0 aliphatic carbocycles. The van der Waals surface area contributed by atoms with Crippen LogP contribution in [0.3, 0.4) is 0 Å². The monoisotopic (exact) mass is 311 g/mol. The Morgan fingerprint density at radius 3 is 2.62 bits per heavy atom. The number of sulfone groups is 1. The topological polar surface area (TPSA) is 70.6 Å². The van der Waals surface area contributed by atoms with Crippen molar-refractivity contribution in [2.75, 3.05) is 32.1 Å². The van der Waals surface area contributed by atoms with Crippen molar-refractivity contribution in [1.82, 2.24) is 10.6 Å². The van der Waals surface area contributed by atoms with E-state index in [1.54, 1.807) is 7.05 Å². The van der Waals surface area contributed by atoms with E-state index in [2.05, 4.69) is 53.7 Å². The molecule has 0 spiro atoms. The summed E-state index contributed by atoms with van der Waals surface area (Å²) in [5.74, 6) is 1.07. The molecule has 1 aromatic rings. The van der Waals surface area contributed by atoms with Crippen LogP contribution in [0.2, 0.25) is 0 Å². The van der Waals surface area contributed by atoms with Gasteiger partial charge in [0.05, 0.1) is 5.75 Å². The summed E-state index contributed by atoms with van der Waals surface area (Å²) in [7, 11) is -1.28. The number of hydrogen-bond acceptors (Lipinski definition) is 3. The van der Waals surface area contributed by atoms with Gasteiger partial charge in [0.15, 0.2) is 5.96 Å². The van der Waals surface area contributed by atoms with Crippen molar-refractivity contribution in [3.63, 3.8) is 0 Å². The number of aryl methyl sites for hydroxylation is 1. The predicted molar refractivity (Wildman–Crippen MR) is 88.7 cm³/mol. The molecule has 0 aliphatic rings. The van der Waals surface area contributed by atoms with E-state index in [0.717, 1.165) is 6.54 Å². The summed E-state index contributed by atoms with van der Waals surface area (Å²) in [6.07, 6.45) is 1.23. The van der Waals surface area contributed by atoms with Crippen LogP contribution in [0.4, 0.5) is 0 Å². The zero-order valence-corrected chi connectivity index (χ0v) is 14.0. The number of hydrogen-bond donors (Lipinski definition) is 2. The minimum absolute atomic E-state index is 0.0983. The Bertz CT molecular complexity index is 582. The zero-order valence-electron chi connectivity index (χ0n) is 13.2. The number of guanidine groups is 1. The van der Waals surface area contributed by atoms with Crippen molar-refractivity contribution in [2.45, 2.75) is 19.8 Å². The zero-order chi connectivity index (χ0) is 15.9. The normalized spacial score (nSPS) is 13.8. The largest absolute Gasteiger partial charge is 0.356 e. The van der Waals surface area contributed by atoms with Crippen molar-refractivity contribution in [1.29, 1.82) is 0 Å². The van der Waals surface area contributed by atoms with Crippen LogP contribution in [0.5, 0.6) is 0 Å². The molecule has 6 heteroatoms. The molecule has 0 amide bonds. The molecular formula is C15H25N3O2S. The quantitative estimate of drug-likeness (QED) is 0.614. The highest BCUT2D eigenvalue weighted by Crippen LogP contribution is 2.15. The van der Waals surface area contributed by atoms with Crippen LogP contribution in [-0.4, -0.2) is 46.5 Å². The Balaban J connectivity index is 2.45. The maximum atomic E-state index is 11.1. The van der Waals surface area contributed by atoms with Gasteiger partial charge in [0.25, 0.3) is 0 Å². The average molecular weight is 311 g/mol. The van der Waals surface area contributed by atoms with Crippen LogP contribution in [0, 0.1) is 6.92 Å². The van der Waals surface area contributed by atoms with Crippen molar-refractivity contribution in [3.8, 4) is 0 Å². The van der Waals surface area contributed by atoms with E-state index in [1.807, 2.05) is 0 Å². The number of rotatable bonds is 6. The minimum atomic E-state index is -2.95. The van der Waals surface area contributed by atoms with Gasteiger partial charge in [-0.3, -0.25) is 4.99 Å². The molecule has 1 rings (SSSR count). The van der Waals surface area contributed by atoms with Crippen LogP contribution in [-0.2, 0) is 9.84 Å². The Hall–Kier alpha value is -1.56. The van der Waals surface area contributed by atoms with Crippen molar-refractivity contribution in [2.24, 2.45) is 4.99 Å². The van der Waals surface area contributed by atoms with Gasteiger partial charge in [0.2, 0.25) is 0 Å². The first-order valence-electron chi connectivity index (χ1n) is 7.00. The first kappa shape index (κ1) is 17.5. The van der Waals surface area contributed by atoms with Crippen molar-refractivity contribution in [3.05, 3.63) is 35.4 Å². The van der Waals surface area contributed by atoms with E-state index >= 15 is 0 Å². The number of aliphatic imine (C=N–C) groups is 1. The first-order chi connectivity index (χ1) is 9.81. The van der Waals surface area contributed by atoms with E-state index in [9.17, 15) is 8.42 Å². The molecule has 0 radical (unpaired) electrons. The van der Waals surface area contributed by atoms with Crippen LogP contribution in [0.25, 0.3) is 0 Å². The SMILES string of the molecule is CN=C(NCCS(C)(=O)=O)NCC(C)c1cccc(C)c1.